The third-order valence-electron chi connectivity index (χ3n) is 3.90. The van der Waals surface area contributed by atoms with Crippen molar-refractivity contribution in [1.29, 1.82) is 0 Å². The van der Waals surface area contributed by atoms with Crippen molar-refractivity contribution in [3.05, 3.63) is 59.2 Å². The number of benzene rings is 2. The van der Waals surface area contributed by atoms with Crippen LogP contribution in [0.5, 0.6) is 5.75 Å². The van der Waals surface area contributed by atoms with E-state index < -0.39 is 12.1 Å². The van der Waals surface area contributed by atoms with Crippen LogP contribution in [0, 0.1) is 13.8 Å². The zero-order valence-electron chi connectivity index (χ0n) is 15.0. The summed E-state index contributed by atoms with van der Waals surface area (Å²) in [5.41, 5.74) is 3.46. The maximum Gasteiger partial charge on any atom is 0.347 e. The Morgan fingerprint density at radius 1 is 1.08 bits per heavy atom. The van der Waals surface area contributed by atoms with E-state index in [-0.39, 0.29) is 5.91 Å². The number of rotatable bonds is 6. The molecule has 0 aliphatic rings. The van der Waals surface area contributed by atoms with E-state index in [4.69, 9.17) is 9.47 Å². The number of carbonyl (C=O) groups is 2. The summed E-state index contributed by atoms with van der Waals surface area (Å²) in [6, 6.07) is 12.4. The zero-order valence-corrected chi connectivity index (χ0v) is 15.0. The molecule has 0 aliphatic heterocycles. The molecule has 0 saturated carbocycles. The number of esters is 1. The van der Waals surface area contributed by atoms with Crippen molar-refractivity contribution in [2.24, 2.45) is 0 Å². The summed E-state index contributed by atoms with van der Waals surface area (Å²) < 4.78 is 10.4. The van der Waals surface area contributed by atoms with Crippen molar-refractivity contribution >= 4 is 17.6 Å². The van der Waals surface area contributed by atoms with Gasteiger partial charge in [-0.2, -0.15) is 0 Å². The third-order valence-corrected chi connectivity index (χ3v) is 3.90. The minimum atomic E-state index is -0.699. The largest absolute Gasteiger partial charge is 0.479 e. The minimum Gasteiger partial charge on any atom is -0.479 e. The lowest BCUT2D eigenvalue weighted by atomic mass is 10.1. The molecular weight excluding hydrogens is 318 g/mol. The van der Waals surface area contributed by atoms with Crippen LogP contribution in [0.15, 0.2) is 42.5 Å². The van der Waals surface area contributed by atoms with Gasteiger partial charge in [0.05, 0.1) is 6.61 Å². The second kappa shape index (κ2) is 8.33. The number of aryl methyl sites for hydroxylation is 1. The highest BCUT2D eigenvalue weighted by molar-refractivity contribution is 6.04. The van der Waals surface area contributed by atoms with Crippen molar-refractivity contribution in [2.75, 3.05) is 11.9 Å². The molecule has 1 N–H and O–H groups in total. The van der Waals surface area contributed by atoms with E-state index >= 15 is 0 Å². The van der Waals surface area contributed by atoms with Crippen LogP contribution in [0.3, 0.4) is 0 Å². The maximum atomic E-state index is 12.4. The highest BCUT2D eigenvalue weighted by atomic mass is 16.6. The van der Waals surface area contributed by atoms with Crippen LogP contribution in [-0.2, 0) is 9.53 Å². The van der Waals surface area contributed by atoms with E-state index in [2.05, 4.69) is 5.32 Å². The number of carbonyl (C=O) groups excluding carboxylic acids is 2. The second-order valence-corrected chi connectivity index (χ2v) is 5.74. The van der Waals surface area contributed by atoms with Gasteiger partial charge in [0.25, 0.3) is 5.91 Å². The molecule has 132 valence electrons. The smallest absolute Gasteiger partial charge is 0.347 e. The molecule has 0 radical (unpaired) electrons. The number of ether oxygens (including phenoxy) is 2. The monoisotopic (exact) mass is 341 g/mol. The van der Waals surface area contributed by atoms with Crippen LogP contribution in [0.2, 0.25) is 0 Å². The predicted molar refractivity (Wildman–Crippen MR) is 97.0 cm³/mol. The molecule has 5 nitrogen and oxygen atoms in total. The summed E-state index contributed by atoms with van der Waals surface area (Å²) >= 11 is 0. The van der Waals surface area contributed by atoms with E-state index in [1.54, 1.807) is 38.1 Å². The zero-order chi connectivity index (χ0) is 18.4. The van der Waals surface area contributed by atoms with Crippen LogP contribution < -0.4 is 10.1 Å². The van der Waals surface area contributed by atoms with Gasteiger partial charge in [0.2, 0.25) is 0 Å². The molecule has 0 fully saturated rings. The van der Waals surface area contributed by atoms with Crippen LogP contribution in [0.1, 0.15) is 35.3 Å². The highest BCUT2D eigenvalue weighted by Crippen LogP contribution is 2.20. The van der Waals surface area contributed by atoms with E-state index in [9.17, 15) is 9.59 Å². The van der Waals surface area contributed by atoms with E-state index in [0.29, 0.717) is 17.9 Å². The Kier molecular flexibility index (Phi) is 6.17. The first kappa shape index (κ1) is 18.5. The van der Waals surface area contributed by atoms with Crippen molar-refractivity contribution in [1.82, 2.24) is 0 Å². The van der Waals surface area contributed by atoms with Crippen molar-refractivity contribution in [3.63, 3.8) is 0 Å². The quantitative estimate of drug-likeness (QED) is 0.810. The number of hydrogen-bond acceptors (Lipinski definition) is 4. The molecule has 0 bridgehead atoms. The van der Waals surface area contributed by atoms with Gasteiger partial charge in [-0.05, 0) is 69.2 Å². The van der Waals surface area contributed by atoms with E-state index in [1.165, 1.54) is 0 Å². The average molecular weight is 341 g/mol. The summed E-state index contributed by atoms with van der Waals surface area (Å²) in [7, 11) is 0. The molecule has 1 atom stereocenters. The number of nitrogens with one attached hydrogen (secondary N) is 1. The van der Waals surface area contributed by atoms with Gasteiger partial charge in [-0.15, -0.1) is 0 Å². The maximum absolute atomic E-state index is 12.4. The molecule has 1 amide bonds. The number of anilines is 1. The molecule has 5 heteroatoms. The summed E-state index contributed by atoms with van der Waals surface area (Å²) in [4.78, 5) is 24.0. The fraction of sp³-hybridized carbons (Fsp3) is 0.300. The summed E-state index contributed by atoms with van der Waals surface area (Å²) in [5, 5.41) is 2.91. The van der Waals surface area contributed by atoms with Crippen LogP contribution in [-0.4, -0.2) is 24.6 Å². The number of hydrogen-bond donors (Lipinski definition) is 1. The lowest BCUT2D eigenvalue weighted by Gasteiger charge is -2.14. The first-order chi connectivity index (χ1) is 11.9. The van der Waals surface area contributed by atoms with Gasteiger partial charge in [0.1, 0.15) is 5.75 Å². The lowest BCUT2D eigenvalue weighted by molar-refractivity contribution is -0.150. The first-order valence-electron chi connectivity index (χ1n) is 8.23. The van der Waals surface area contributed by atoms with Gasteiger partial charge in [0.15, 0.2) is 6.10 Å². The van der Waals surface area contributed by atoms with Crippen LogP contribution >= 0.6 is 0 Å². The Hall–Kier alpha value is -2.82. The summed E-state index contributed by atoms with van der Waals surface area (Å²) in [6.07, 6.45) is -0.699. The molecule has 2 rings (SSSR count). The molecular formula is C20H23NO4. The topological polar surface area (TPSA) is 64.6 Å². The minimum absolute atomic E-state index is 0.196. The van der Waals surface area contributed by atoms with Crippen LogP contribution in [0.25, 0.3) is 0 Å². The highest BCUT2D eigenvalue weighted by Gasteiger charge is 2.16. The molecule has 2 aromatic carbocycles. The van der Waals surface area contributed by atoms with Gasteiger partial charge in [0, 0.05) is 11.3 Å². The first-order valence-corrected chi connectivity index (χ1v) is 8.23. The Morgan fingerprint density at radius 2 is 1.76 bits per heavy atom. The molecule has 1 unspecified atom stereocenters. The van der Waals surface area contributed by atoms with Gasteiger partial charge in [-0.1, -0.05) is 12.1 Å². The van der Waals surface area contributed by atoms with E-state index in [0.717, 1.165) is 16.8 Å². The Labute approximate surface area is 148 Å². The van der Waals surface area contributed by atoms with Crippen molar-refractivity contribution < 1.29 is 19.1 Å². The molecule has 0 spiro atoms. The summed E-state index contributed by atoms with van der Waals surface area (Å²) in [6.45, 7) is 7.65. The summed E-state index contributed by atoms with van der Waals surface area (Å²) in [5.74, 6) is -0.109. The molecule has 0 saturated heterocycles. The number of amides is 1. The van der Waals surface area contributed by atoms with E-state index in [1.807, 2.05) is 32.0 Å². The molecule has 0 aromatic heterocycles. The predicted octanol–water partition coefficient (Wildman–Crippen LogP) is 3.89. The molecule has 0 aliphatic carbocycles. The standard InChI is InChI=1S/C20H23NO4/c1-5-24-20(23)15(4)25-17-11-9-16(10-12-17)19(22)21-18-8-6-7-13(2)14(18)3/h6-12,15H,5H2,1-4H3,(H,21,22). The average Bonchev–Trinajstić information content (AvgIpc) is 2.59. The SMILES string of the molecule is CCOC(=O)C(C)Oc1ccc(C(=O)Nc2cccc(C)c2C)cc1. The molecule has 2 aromatic rings. The van der Waals surface area contributed by atoms with Crippen LogP contribution in [0.4, 0.5) is 5.69 Å². The Balaban J connectivity index is 2.03. The second-order valence-electron chi connectivity index (χ2n) is 5.74. The Bertz CT molecular complexity index is 753. The van der Waals surface area contributed by atoms with Gasteiger partial charge in [-0.25, -0.2) is 4.79 Å². The third kappa shape index (κ3) is 4.83. The Morgan fingerprint density at radius 3 is 2.40 bits per heavy atom. The van der Waals surface area contributed by atoms with Crippen molar-refractivity contribution in [3.8, 4) is 5.75 Å². The fourth-order valence-corrected chi connectivity index (χ4v) is 2.28. The fourth-order valence-electron chi connectivity index (χ4n) is 2.28. The van der Waals surface area contributed by atoms with Gasteiger partial charge < -0.3 is 14.8 Å². The molecule has 25 heavy (non-hydrogen) atoms. The van der Waals surface area contributed by atoms with Gasteiger partial charge in [-0.3, -0.25) is 4.79 Å². The van der Waals surface area contributed by atoms with Gasteiger partial charge >= 0.3 is 5.97 Å². The van der Waals surface area contributed by atoms with Crippen molar-refractivity contribution in [2.45, 2.75) is 33.8 Å². The lowest BCUT2D eigenvalue weighted by Crippen LogP contribution is -2.26. The molecule has 0 heterocycles. The normalized spacial score (nSPS) is 11.5.